The molecule has 0 aliphatic heterocycles. The smallest absolute Gasteiger partial charge is 0.191 e. The van der Waals surface area contributed by atoms with Gasteiger partial charge in [-0.25, -0.2) is 4.98 Å². The highest BCUT2D eigenvalue weighted by Crippen LogP contribution is 2.18. The summed E-state index contributed by atoms with van der Waals surface area (Å²) in [7, 11) is 0. The minimum Gasteiger partial charge on any atom is -0.357 e. The van der Waals surface area contributed by atoms with Crippen LogP contribution in [0, 0.1) is 0 Å². The molecule has 1 aliphatic carbocycles. The molecule has 2 aromatic rings. The monoisotopic (exact) mass is 413 g/mol. The van der Waals surface area contributed by atoms with Crippen molar-refractivity contribution in [3.05, 3.63) is 30.6 Å². The molecule has 22 heavy (non-hydrogen) atoms. The zero-order chi connectivity index (χ0) is 14.5. The number of nitrogens with one attached hydrogen (secondary N) is 2. The number of fused-ring (bicyclic) bond motifs is 1. The van der Waals surface area contributed by atoms with Gasteiger partial charge in [-0.3, -0.25) is 4.99 Å². The van der Waals surface area contributed by atoms with Crippen LogP contribution in [-0.2, 0) is 6.54 Å². The summed E-state index contributed by atoms with van der Waals surface area (Å²) < 4.78 is 2.20. The molecule has 120 valence electrons. The molecule has 0 unspecified atom stereocenters. The van der Waals surface area contributed by atoms with E-state index in [9.17, 15) is 0 Å². The third-order valence-corrected chi connectivity index (χ3v) is 3.62. The van der Waals surface area contributed by atoms with Gasteiger partial charge in [-0.1, -0.05) is 12.1 Å². The highest BCUT2D eigenvalue weighted by molar-refractivity contribution is 14.0. The number of nitrogens with zero attached hydrogens (tertiary/aromatic N) is 3. The maximum atomic E-state index is 4.63. The number of aliphatic imine (C=N–C) groups is 1. The van der Waals surface area contributed by atoms with Gasteiger partial charge in [-0.2, -0.15) is 0 Å². The molecule has 0 radical (unpaired) electrons. The van der Waals surface area contributed by atoms with Crippen LogP contribution >= 0.6 is 24.0 Å². The average Bonchev–Trinajstić information content (AvgIpc) is 3.22. The number of hydrogen-bond donors (Lipinski definition) is 2. The SMILES string of the molecule is CCNC(=NCCCn1cnc2ccccc21)NC1CC1.I. The van der Waals surface area contributed by atoms with Crippen molar-refractivity contribution in [2.24, 2.45) is 4.99 Å². The van der Waals surface area contributed by atoms with Gasteiger partial charge in [0.2, 0.25) is 0 Å². The zero-order valence-corrected chi connectivity index (χ0v) is 15.3. The summed E-state index contributed by atoms with van der Waals surface area (Å²) in [6, 6.07) is 8.88. The quantitative estimate of drug-likeness (QED) is 0.332. The van der Waals surface area contributed by atoms with Crippen molar-refractivity contribution in [1.82, 2.24) is 20.2 Å². The van der Waals surface area contributed by atoms with Crippen molar-refractivity contribution in [1.29, 1.82) is 0 Å². The topological polar surface area (TPSA) is 54.2 Å². The molecular weight excluding hydrogens is 389 g/mol. The van der Waals surface area contributed by atoms with Crippen LogP contribution in [0.5, 0.6) is 0 Å². The number of benzene rings is 1. The molecule has 1 fully saturated rings. The van der Waals surface area contributed by atoms with E-state index in [1.165, 1.54) is 18.4 Å². The molecule has 5 nitrogen and oxygen atoms in total. The number of aryl methyl sites for hydroxylation is 1. The Morgan fingerprint density at radius 1 is 1.36 bits per heavy atom. The Bertz CT molecular complexity index is 618. The van der Waals surface area contributed by atoms with Gasteiger partial charge in [-0.05, 0) is 38.3 Å². The Morgan fingerprint density at radius 3 is 2.95 bits per heavy atom. The number of rotatable bonds is 6. The van der Waals surface area contributed by atoms with E-state index in [1.807, 2.05) is 18.5 Å². The number of aromatic nitrogens is 2. The van der Waals surface area contributed by atoms with E-state index >= 15 is 0 Å². The van der Waals surface area contributed by atoms with E-state index in [1.54, 1.807) is 0 Å². The van der Waals surface area contributed by atoms with E-state index in [0.29, 0.717) is 6.04 Å². The molecule has 3 rings (SSSR count). The molecule has 1 heterocycles. The van der Waals surface area contributed by atoms with Crippen molar-refractivity contribution >= 4 is 41.0 Å². The van der Waals surface area contributed by atoms with Crippen molar-refractivity contribution in [2.75, 3.05) is 13.1 Å². The molecule has 6 heteroatoms. The highest BCUT2D eigenvalue weighted by atomic mass is 127. The summed E-state index contributed by atoms with van der Waals surface area (Å²) in [5, 5.41) is 6.73. The average molecular weight is 413 g/mol. The Balaban J connectivity index is 0.00000176. The largest absolute Gasteiger partial charge is 0.357 e. The molecule has 0 saturated heterocycles. The van der Waals surface area contributed by atoms with Gasteiger partial charge in [0.25, 0.3) is 0 Å². The maximum absolute atomic E-state index is 4.63. The minimum absolute atomic E-state index is 0. The standard InChI is InChI=1S/C16H23N5.HI/c1-2-17-16(20-13-8-9-13)18-10-5-11-21-12-19-14-6-3-4-7-15(14)21;/h3-4,6-7,12-13H,2,5,8-11H2,1H3,(H2,17,18,20);1H. The van der Waals surface area contributed by atoms with Gasteiger partial charge in [-0.15, -0.1) is 24.0 Å². The minimum atomic E-state index is 0. The van der Waals surface area contributed by atoms with Crippen molar-refractivity contribution < 1.29 is 0 Å². The summed E-state index contributed by atoms with van der Waals surface area (Å²) >= 11 is 0. The number of halogens is 1. The lowest BCUT2D eigenvalue weighted by Crippen LogP contribution is -2.38. The van der Waals surface area contributed by atoms with Gasteiger partial charge in [0, 0.05) is 25.7 Å². The summed E-state index contributed by atoms with van der Waals surface area (Å²) in [4.78, 5) is 9.05. The lowest BCUT2D eigenvalue weighted by molar-refractivity contribution is 0.661. The molecule has 1 aromatic heterocycles. The second-order valence-electron chi connectivity index (χ2n) is 5.46. The third-order valence-electron chi connectivity index (χ3n) is 3.62. The van der Waals surface area contributed by atoms with Crippen LogP contribution in [0.3, 0.4) is 0 Å². The Kier molecular flexibility index (Phi) is 6.48. The first-order chi connectivity index (χ1) is 10.4. The predicted octanol–water partition coefficient (Wildman–Crippen LogP) is 2.76. The van der Waals surface area contributed by atoms with Gasteiger partial charge >= 0.3 is 0 Å². The fourth-order valence-corrected chi connectivity index (χ4v) is 2.36. The van der Waals surface area contributed by atoms with Crippen LogP contribution in [0.15, 0.2) is 35.6 Å². The first-order valence-corrected chi connectivity index (χ1v) is 7.81. The van der Waals surface area contributed by atoms with Gasteiger partial charge < -0.3 is 15.2 Å². The Morgan fingerprint density at radius 2 is 2.18 bits per heavy atom. The molecule has 0 amide bonds. The second-order valence-corrected chi connectivity index (χ2v) is 5.46. The maximum Gasteiger partial charge on any atom is 0.191 e. The van der Waals surface area contributed by atoms with Crippen LogP contribution in [0.4, 0.5) is 0 Å². The lowest BCUT2D eigenvalue weighted by atomic mass is 10.3. The van der Waals surface area contributed by atoms with Gasteiger partial charge in [0.15, 0.2) is 5.96 Å². The number of guanidine groups is 1. The molecule has 0 spiro atoms. The molecule has 1 saturated carbocycles. The van der Waals surface area contributed by atoms with Crippen LogP contribution in [0.25, 0.3) is 11.0 Å². The summed E-state index contributed by atoms with van der Waals surface area (Å²) in [5.74, 6) is 0.954. The van der Waals surface area contributed by atoms with Gasteiger partial charge in [0.1, 0.15) is 0 Å². The van der Waals surface area contributed by atoms with Crippen LogP contribution in [0.1, 0.15) is 26.2 Å². The Labute approximate surface area is 148 Å². The molecule has 0 atom stereocenters. The molecule has 2 N–H and O–H groups in total. The van der Waals surface area contributed by atoms with Crippen LogP contribution in [-0.4, -0.2) is 34.6 Å². The summed E-state index contributed by atoms with van der Waals surface area (Å²) in [6.07, 6.45) is 5.47. The lowest BCUT2D eigenvalue weighted by Gasteiger charge is -2.10. The normalized spacial score (nSPS) is 14.7. The highest BCUT2D eigenvalue weighted by Gasteiger charge is 2.21. The van der Waals surface area contributed by atoms with Crippen LogP contribution < -0.4 is 10.6 Å². The second kappa shape index (κ2) is 8.36. The van der Waals surface area contributed by atoms with Crippen LogP contribution in [0.2, 0.25) is 0 Å². The fraction of sp³-hybridized carbons (Fsp3) is 0.500. The van der Waals surface area contributed by atoms with Crippen molar-refractivity contribution in [3.8, 4) is 0 Å². The Hall–Kier alpha value is -1.31. The molecule has 1 aliphatic rings. The van der Waals surface area contributed by atoms with E-state index in [-0.39, 0.29) is 24.0 Å². The first kappa shape index (κ1) is 17.1. The van der Waals surface area contributed by atoms with E-state index < -0.39 is 0 Å². The molecule has 1 aromatic carbocycles. The number of imidazole rings is 1. The van der Waals surface area contributed by atoms with E-state index in [2.05, 4.69) is 44.2 Å². The predicted molar refractivity (Wildman–Crippen MR) is 102 cm³/mol. The molecule has 0 bridgehead atoms. The summed E-state index contributed by atoms with van der Waals surface area (Å²) in [6.45, 7) is 4.79. The third kappa shape index (κ3) is 4.59. The fourth-order valence-electron chi connectivity index (χ4n) is 2.36. The first-order valence-electron chi connectivity index (χ1n) is 7.81. The van der Waals surface area contributed by atoms with E-state index in [4.69, 9.17) is 0 Å². The van der Waals surface area contributed by atoms with Crippen molar-refractivity contribution in [3.63, 3.8) is 0 Å². The van der Waals surface area contributed by atoms with E-state index in [0.717, 1.165) is 37.5 Å². The number of para-hydroxylation sites is 2. The summed E-state index contributed by atoms with van der Waals surface area (Å²) in [5.41, 5.74) is 2.26. The zero-order valence-electron chi connectivity index (χ0n) is 13.0. The number of hydrogen-bond acceptors (Lipinski definition) is 2. The van der Waals surface area contributed by atoms with Crippen molar-refractivity contribution in [2.45, 2.75) is 38.8 Å². The van der Waals surface area contributed by atoms with Gasteiger partial charge in [0.05, 0.1) is 17.4 Å². The molecular formula is C16H24IN5.